The molecule has 0 radical (unpaired) electrons. The largest absolute Gasteiger partial charge is 0.492 e. The van der Waals surface area contributed by atoms with Gasteiger partial charge in [-0.2, -0.15) is 0 Å². The van der Waals surface area contributed by atoms with Gasteiger partial charge in [0, 0.05) is 44.0 Å². The van der Waals surface area contributed by atoms with Crippen molar-refractivity contribution in [3.63, 3.8) is 0 Å². The van der Waals surface area contributed by atoms with Gasteiger partial charge in [-0.05, 0) is 48.5 Å². The molecule has 1 amide bonds. The normalized spacial score (nSPS) is 14.6. The minimum atomic E-state index is -3.71. The van der Waals surface area contributed by atoms with Gasteiger partial charge < -0.3 is 9.64 Å². The van der Waals surface area contributed by atoms with E-state index in [1.54, 1.807) is 41.3 Å². The first-order valence-corrected chi connectivity index (χ1v) is 12.4. The molecule has 33 heavy (non-hydrogen) atoms. The lowest BCUT2D eigenvalue weighted by Crippen LogP contribution is -2.49. The van der Waals surface area contributed by atoms with Crippen LogP contribution >= 0.6 is 0 Å². The number of nitrogens with one attached hydrogen (secondary N) is 1. The molecule has 0 aliphatic carbocycles. The molecule has 0 saturated carbocycles. The van der Waals surface area contributed by atoms with Gasteiger partial charge in [-0.3, -0.25) is 14.4 Å². The van der Waals surface area contributed by atoms with E-state index in [0.29, 0.717) is 30.9 Å². The Morgan fingerprint density at radius 2 is 1.42 bits per heavy atom. The summed E-state index contributed by atoms with van der Waals surface area (Å²) in [5.41, 5.74) is 0.971. The van der Waals surface area contributed by atoms with Crippen molar-refractivity contribution in [2.75, 3.05) is 44.1 Å². The molecular formula is C25H27N3O4S. The molecular weight excluding hydrogens is 438 g/mol. The van der Waals surface area contributed by atoms with Crippen LogP contribution in [0.25, 0.3) is 0 Å². The van der Waals surface area contributed by atoms with Crippen molar-refractivity contribution in [1.29, 1.82) is 0 Å². The minimum Gasteiger partial charge on any atom is -0.492 e. The van der Waals surface area contributed by atoms with Crippen LogP contribution in [0.3, 0.4) is 0 Å². The number of anilines is 1. The molecule has 172 valence electrons. The highest BCUT2D eigenvalue weighted by molar-refractivity contribution is 7.92. The van der Waals surface area contributed by atoms with Crippen LogP contribution in [0.2, 0.25) is 0 Å². The highest BCUT2D eigenvalue weighted by Crippen LogP contribution is 2.17. The number of carbonyl (C=O) groups excluding carboxylic acids is 1. The first-order valence-electron chi connectivity index (χ1n) is 10.9. The van der Waals surface area contributed by atoms with E-state index in [-0.39, 0.29) is 10.8 Å². The number of rotatable bonds is 8. The number of amides is 1. The van der Waals surface area contributed by atoms with E-state index in [0.717, 1.165) is 25.4 Å². The van der Waals surface area contributed by atoms with E-state index >= 15 is 0 Å². The fraction of sp³-hybridized carbons (Fsp3) is 0.240. The van der Waals surface area contributed by atoms with Gasteiger partial charge in [0.2, 0.25) is 0 Å². The van der Waals surface area contributed by atoms with Crippen LogP contribution in [-0.4, -0.2) is 63.5 Å². The van der Waals surface area contributed by atoms with E-state index in [4.69, 9.17) is 4.74 Å². The predicted octanol–water partition coefficient (Wildman–Crippen LogP) is 3.32. The van der Waals surface area contributed by atoms with Gasteiger partial charge in [-0.15, -0.1) is 0 Å². The van der Waals surface area contributed by atoms with E-state index < -0.39 is 10.0 Å². The third-order valence-electron chi connectivity index (χ3n) is 5.52. The lowest BCUT2D eigenvalue weighted by atomic mass is 10.2. The lowest BCUT2D eigenvalue weighted by Gasteiger charge is -2.34. The Labute approximate surface area is 194 Å². The second-order valence-corrected chi connectivity index (χ2v) is 9.47. The molecule has 7 nitrogen and oxygen atoms in total. The van der Waals surface area contributed by atoms with Crippen LogP contribution in [0.15, 0.2) is 89.8 Å². The van der Waals surface area contributed by atoms with E-state index in [1.807, 2.05) is 36.4 Å². The zero-order valence-electron chi connectivity index (χ0n) is 18.3. The highest BCUT2D eigenvalue weighted by Gasteiger charge is 2.23. The van der Waals surface area contributed by atoms with Crippen LogP contribution in [-0.2, 0) is 10.0 Å². The molecule has 3 aromatic rings. The van der Waals surface area contributed by atoms with Gasteiger partial charge in [-0.25, -0.2) is 8.42 Å². The number of nitrogens with zero attached hydrogens (tertiary/aromatic N) is 2. The molecule has 1 aliphatic heterocycles. The number of para-hydroxylation sites is 2. The number of ether oxygens (including phenoxy) is 1. The maximum atomic E-state index is 12.9. The van der Waals surface area contributed by atoms with Gasteiger partial charge in [-0.1, -0.05) is 36.4 Å². The number of hydrogen-bond donors (Lipinski definition) is 1. The summed E-state index contributed by atoms with van der Waals surface area (Å²) in [5.74, 6) is 0.769. The molecule has 0 spiro atoms. The lowest BCUT2D eigenvalue weighted by molar-refractivity contribution is 0.0620. The van der Waals surface area contributed by atoms with Crippen LogP contribution in [0.5, 0.6) is 5.75 Å². The Balaban J connectivity index is 1.27. The zero-order valence-corrected chi connectivity index (χ0v) is 19.1. The molecule has 1 N–H and O–H groups in total. The Kier molecular flexibility index (Phi) is 7.26. The Morgan fingerprint density at radius 1 is 0.818 bits per heavy atom. The van der Waals surface area contributed by atoms with Gasteiger partial charge in [0.25, 0.3) is 15.9 Å². The molecule has 1 aliphatic rings. The van der Waals surface area contributed by atoms with E-state index in [1.165, 1.54) is 12.1 Å². The van der Waals surface area contributed by atoms with Crippen LogP contribution in [0, 0.1) is 0 Å². The number of benzene rings is 3. The number of carbonyl (C=O) groups is 1. The molecule has 0 unspecified atom stereocenters. The van der Waals surface area contributed by atoms with Crippen molar-refractivity contribution in [2.45, 2.75) is 4.90 Å². The molecule has 3 aromatic carbocycles. The number of sulfonamides is 1. The van der Waals surface area contributed by atoms with Crippen molar-refractivity contribution < 1.29 is 17.9 Å². The average molecular weight is 466 g/mol. The monoisotopic (exact) mass is 465 g/mol. The number of hydrogen-bond acceptors (Lipinski definition) is 5. The fourth-order valence-electron chi connectivity index (χ4n) is 3.66. The second kappa shape index (κ2) is 10.5. The summed E-state index contributed by atoms with van der Waals surface area (Å²) < 4.78 is 33.4. The third kappa shape index (κ3) is 6.12. The van der Waals surface area contributed by atoms with Crippen molar-refractivity contribution in [3.05, 3.63) is 90.5 Å². The molecule has 4 rings (SSSR count). The maximum absolute atomic E-state index is 12.9. The Hall–Kier alpha value is -3.36. The predicted molar refractivity (Wildman–Crippen MR) is 128 cm³/mol. The average Bonchev–Trinajstić information content (AvgIpc) is 2.85. The van der Waals surface area contributed by atoms with Crippen molar-refractivity contribution in [3.8, 4) is 5.75 Å². The molecule has 1 fully saturated rings. The molecule has 1 saturated heterocycles. The smallest absolute Gasteiger partial charge is 0.261 e. The van der Waals surface area contributed by atoms with Crippen molar-refractivity contribution >= 4 is 21.6 Å². The first kappa shape index (κ1) is 22.8. The SMILES string of the molecule is O=C(c1ccc(S(=O)(=O)Nc2ccccc2)cc1)N1CCN(CCOc2ccccc2)CC1. The quantitative estimate of drug-likeness (QED) is 0.552. The topological polar surface area (TPSA) is 79.0 Å². The summed E-state index contributed by atoms with van der Waals surface area (Å²) in [4.78, 5) is 17.1. The van der Waals surface area contributed by atoms with Gasteiger partial charge in [0.15, 0.2) is 0 Å². The summed E-state index contributed by atoms with van der Waals surface area (Å²) in [5, 5.41) is 0. The van der Waals surface area contributed by atoms with Gasteiger partial charge in [0.1, 0.15) is 12.4 Å². The minimum absolute atomic E-state index is 0.0878. The summed E-state index contributed by atoms with van der Waals surface area (Å²) in [6.45, 7) is 4.21. The maximum Gasteiger partial charge on any atom is 0.261 e. The van der Waals surface area contributed by atoms with E-state index in [2.05, 4.69) is 9.62 Å². The fourth-order valence-corrected chi connectivity index (χ4v) is 4.72. The summed E-state index contributed by atoms with van der Waals surface area (Å²) in [6.07, 6.45) is 0. The standard InChI is InChI=1S/C25H27N3O4S/c29-25(28-17-15-27(16-18-28)19-20-32-23-9-5-2-6-10-23)21-11-13-24(14-12-21)33(30,31)26-22-7-3-1-4-8-22/h1-14,26H,15-20H2. The Bertz CT molecular complexity index is 1150. The molecule has 0 atom stereocenters. The zero-order chi connectivity index (χ0) is 23.1. The van der Waals surface area contributed by atoms with Crippen LogP contribution < -0.4 is 9.46 Å². The first-order chi connectivity index (χ1) is 16.0. The molecule has 0 aromatic heterocycles. The Morgan fingerprint density at radius 3 is 2.06 bits per heavy atom. The summed E-state index contributed by atoms with van der Waals surface area (Å²) >= 11 is 0. The summed E-state index contributed by atoms with van der Waals surface area (Å²) in [7, 11) is -3.71. The van der Waals surface area contributed by atoms with Crippen molar-refractivity contribution in [1.82, 2.24) is 9.80 Å². The molecule has 1 heterocycles. The molecule has 8 heteroatoms. The van der Waals surface area contributed by atoms with E-state index in [9.17, 15) is 13.2 Å². The third-order valence-corrected chi connectivity index (χ3v) is 6.91. The molecule has 0 bridgehead atoms. The van der Waals surface area contributed by atoms with Crippen LogP contribution in [0.1, 0.15) is 10.4 Å². The second-order valence-electron chi connectivity index (χ2n) is 7.79. The highest BCUT2D eigenvalue weighted by atomic mass is 32.2. The van der Waals surface area contributed by atoms with Gasteiger partial charge in [0.05, 0.1) is 4.90 Å². The van der Waals surface area contributed by atoms with Crippen molar-refractivity contribution in [2.24, 2.45) is 0 Å². The van der Waals surface area contributed by atoms with Gasteiger partial charge >= 0.3 is 0 Å². The summed E-state index contributed by atoms with van der Waals surface area (Å²) in [6, 6.07) is 24.5. The van der Waals surface area contributed by atoms with Crippen LogP contribution in [0.4, 0.5) is 5.69 Å². The number of piperazine rings is 1.